The van der Waals surface area contributed by atoms with E-state index in [9.17, 15) is 4.79 Å². The number of anilines is 1. The van der Waals surface area contributed by atoms with Crippen LogP contribution in [-0.4, -0.2) is 30.1 Å². The predicted molar refractivity (Wildman–Crippen MR) is 116 cm³/mol. The molecule has 1 aromatic rings. The summed E-state index contributed by atoms with van der Waals surface area (Å²) in [5, 5.41) is 11.0. The van der Waals surface area contributed by atoms with Gasteiger partial charge in [-0.15, -0.1) is 0 Å². The highest BCUT2D eigenvalue weighted by Crippen LogP contribution is 2.45. The van der Waals surface area contributed by atoms with Gasteiger partial charge in [-0.25, -0.2) is 0 Å². The molecule has 1 aliphatic carbocycles. The summed E-state index contributed by atoms with van der Waals surface area (Å²) < 4.78 is 0. The smallest absolute Gasteiger partial charge is 0.246 e. The van der Waals surface area contributed by atoms with Crippen LogP contribution in [-0.2, 0) is 11.2 Å². The van der Waals surface area contributed by atoms with Crippen LogP contribution in [0.4, 0.5) is 5.69 Å². The maximum Gasteiger partial charge on any atom is 0.246 e. The normalized spacial score (nSPS) is 31.2. The summed E-state index contributed by atoms with van der Waals surface area (Å²) in [6.07, 6.45) is 9.09. The lowest BCUT2D eigenvalue weighted by molar-refractivity contribution is -0.128. The van der Waals surface area contributed by atoms with Crippen molar-refractivity contribution in [3.05, 3.63) is 29.3 Å². The molecule has 2 aliphatic heterocycles. The maximum absolute atomic E-state index is 13.9. The Balaban J connectivity index is 1.59. The topological polar surface area (TPSA) is 53.2 Å². The fourth-order valence-electron chi connectivity index (χ4n) is 5.97. The van der Waals surface area contributed by atoms with Gasteiger partial charge in [-0.2, -0.15) is 0 Å². The van der Waals surface area contributed by atoms with Crippen LogP contribution < -0.4 is 16.0 Å². The van der Waals surface area contributed by atoms with Crippen molar-refractivity contribution in [3.8, 4) is 0 Å². The van der Waals surface area contributed by atoms with E-state index in [1.54, 1.807) is 0 Å². The number of hydrogen-bond donors (Lipinski definition) is 3. The van der Waals surface area contributed by atoms with Gasteiger partial charge in [0.1, 0.15) is 5.54 Å². The molecule has 2 heterocycles. The molecule has 0 spiro atoms. The fourth-order valence-corrected chi connectivity index (χ4v) is 5.97. The molecule has 3 aliphatic rings. The Morgan fingerprint density at radius 2 is 2.04 bits per heavy atom. The van der Waals surface area contributed by atoms with Crippen LogP contribution in [0, 0.1) is 18.8 Å². The molecule has 2 fully saturated rings. The van der Waals surface area contributed by atoms with Crippen molar-refractivity contribution in [1.82, 2.24) is 10.6 Å². The summed E-state index contributed by atoms with van der Waals surface area (Å²) in [5.74, 6) is 1.26. The molecular weight excluding hydrogens is 346 g/mol. The minimum atomic E-state index is -0.476. The van der Waals surface area contributed by atoms with Crippen molar-refractivity contribution in [3.63, 3.8) is 0 Å². The molecule has 3 N–H and O–H groups in total. The predicted octanol–water partition coefficient (Wildman–Crippen LogP) is 4.17. The van der Waals surface area contributed by atoms with Gasteiger partial charge in [-0.1, -0.05) is 44.9 Å². The zero-order valence-electron chi connectivity index (χ0n) is 17.8. The number of aryl methyl sites for hydroxylation is 1. The zero-order chi connectivity index (χ0) is 19.7. The Kier molecular flexibility index (Phi) is 5.69. The molecule has 4 unspecified atom stereocenters. The molecule has 28 heavy (non-hydrogen) atoms. The lowest BCUT2D eigenvalue weighted by atomic mass is 9.78. The first-order valence-electron chi connectivity index (χ1n) is 11.5. The van der Waals surface area contributed by atoms with E-state index in [2.05, 4.69) is 54.9 Å². The van der Waals surface area contributed by atoms with Crippen LogP contribution in [0.3, 0.4) is 0 Å². The largest absolute Gasteiger partial charge is 0.370 e. The second-order valence-electron chi connectivity index (χ2n) is 9.45. The minimum Gasteiger partial charge on any atom is -0.370 e. The lowest BCUT2D eigenvalue weighted by Crippen LogP contribution is -2.62. The van der Waals surface area contributed by atoms with Crippen molar-refractivity contribution in [2.45, 2.75) is 89.8 Å². The third-order valence-corrected chi connectivity index (χ3v) is 7.65. The van der Waals surface area contributed by atoms with E-state index in [1.807, 2.05) is 0 Å². The molecule has 0 bridgehead atoms. The summed E-state index contributed by atoms with van der Waals surface area (Å²) in [7, 11) is 0. The van der Waals surface area contributed by atoms with Crippen LogP contribution >= 0.6 is 0 Å². The average Bonchev–Trinajstić information content (AvgIpc) is 3.36. The van der Waals surface area contributed by atoms with E-state index in [4.69, 9.17) is 0 Å². The van der Waals surface area contributed by atoms with E-state index in [1.165, 1.54) is 42.5 Å². The standard InChI is InChI=1S/C24H37N3O/c1-4-20(22-17(3)10-8-14-25-22)26-23(28)24(19-12-5-6-13-19)15-18-11-7-9-16(2)21(18)27-24/h7,9,11,17,19-20,22,25,27H,4-6,8,10,12-15H2,1-3H3,(H,26,28). The van der Waals surface area contributed by atoms with Gasteiger partial charge >= 0.3 is 0 Å². The van der Waals surface area contributed by atoms with Gasteiger partial charge in [0.2, 0.25) is 5.91 Å². The van der Waals surface area contributed by atoms with Crippen molar-refractivity contribution in [2.75, 3.05) is 11.9 Å². The molecule has 0 aromatic heterocycles. The first-order valence-corrected chi connectivity index (χ1v) is 11.5. The molecule has 4 nitrogen and oxygen atoms in total. The van der Waals surface area contributed by atoms with Gasteiger partial charge in [0.05, 0.1) is 0 Å². The molecule has 4 rings (SSSR count). The number of rotatable bonds is 5. The molecule has 1 saturated carbocycles. The minimum absolute atomic E-state index is 0.202. The highest BCUT2D eigenvalue weighted by Gasteiger charge is 2.51. The van der Waals surface area contributed by atoms with E-state index < -0.39 is 5.54 Å². The summed E-state index contributed by atoms with van der Waals surface area (Å²) in [5.41, 5.74) is 3.27. The first-order chi connectivity index (χ1) is 13.5. The number of carbonyl (C=O) groups excluding carboxylic acids is 1. The monoisotopic (exact) mass is 383 g/mol. The second kappa shape index (κ2) is 8.06. The molecule has 1 saturated heterocycles. The van der Waals surface area contributed by atoms with Crippen molar-refractivity contribution < 1.29 is 4.79 Å². The summed E-state index contributed by atoms with van der Waals surface area (Å²) in [6, 6.07) is 7.06. The average molecular weight is 384 g/mol. The molecule has 0 radical (unpaired) electrons. The highest BCUT2D eigenvalue weighted by atomic mass is 16.2. The van der Waals surface area contributed by atoms with Gasteiger partial charge in [0.15, 0.2) is 0 Å². The van der Waals surface area contributed by atoms with Crippen molar-refractivity contribution in [1.29, 1.82) is 0 Å². The van der Waals surface area contributed by atoms with Gasteiger partial charge < -0.3 is 16.0 Å². The molecule has 1 amide bonds. The molecule has 4 heteroatoms. The number of para-hydroxylation sites is 1. The number of hydrogen-bond acceptors (Lipinski definition) is 3. The van der Waals surface area contributed by atoms with Crippen LogP contribution in [0.5, 0.6) is 0 Å². The van der Waals surface area contributed by atoms with Gasteiger partial charge in [-0.05, 0) is 68.5 Å². The van der Waals surface area contributed by atoms with E-state index in [0.717, 1.165) is 32.2 Å². The third-order valence-electron chi connectivity index (χ3n) is 7.65. The highest BCUT2D eigenvalue weighted by molar-refractivity contribution is 5.93. The third kappa shape index (κ3) is 3.45. The van der Waals surface area contributed by atoms with E-state index in [0.29, 0.717) is 17.9 Å². The van der Waals surface area contributed by atoms with Gasteiger partial charge in [0, 0.05) is 24.2 Å². The lowest BCUT2D eigenvalue weighted by Gasteiger charge is -2.40. The zero-order valence-corrected chi connectivity index (χ0v) is 17.8. The number of amides is 1. The van der Waals surface area contributed by atoms with Crippen molar-refractivity contribution in [2.24, 2.45) is 11.8 Å². The SMILES string of the molecule is CCC(NC(=O)C1(C2CCCC2)Cc2cccc(C)c2N1)C1NCCCC1C. The maximum atomic E-state index is 13.9. The van der Waals surface area contributed by atoms with Gasteiger partial charge in [0.25, 0.3) is 0 Å². The summed E-state index contributed by atoms with van der Waals surface area (Å²) in [4.78, 5) is 13.9. The first kappa shape index (κ1) is 19.8. The Bertz CT molecular complexity index is 712. The summed E-state index contributed by atoms with van der Waals surface area (Å²) >= 11 is 0. The fraction of sp³-hybridized carbons (Fsp3) is 0.708. The van der Waals surface area contributed by atoms with E-state index >= 15 is 0 Å². The Morgan fingerprint density at radius 1 is 1.25 bits per heavy atom. The number of benzene rings is 1. The van der Waals surface area contributed by atoms with E-state index in [-0.39, 0.29) is 11.9 Å². The molecular formula is C24H37N3O. The Labute approximate surface area is 170 Å². The summed E-state index contributed by atoms with van der Waals surface area (Å²) in [6.45, 7) is 7.75. The van der Waals surface area contributed by atoms with Crippen molar-refractivity contribution >= 4 is 11.6 Å². The van der Waals surface area contributed by atoms with Gasteiger partial charge in [-0.3, -0.25) is 4.79 Å². The molecule has 1 aromatic carbocycles. The van der Waals surface area contributed by atoms with Crippen LogP contribution in [0.2, 0.25) is 0 Å². The van der Waals surface area contributed by atoms with Crippen LogP contribution in [0.15, 0.2) is 18.2 Å². The number of carbonyl (C=O) groups is 1. The van der Waals surface area contributed by atoms with Crippen LogP contribution in [0.25, 0.3) is 0 Å². The Hall–Kier alpha value is -1.55. The number of nitrogens with one attached hydrogen (secondary N) is 3. The second-order valence-corrected chi connectivity index (χ2v) is 9.45. The number of piperidine rings is 1. The van der Waals surface area contributed by atoms with Crippen LogP contribution in [0.1, 0.15) is 69.9 Å². The molecule has 154 valence electrons. The number of fused-ring (bicyclic) bond motifs is 1. The Morgan fingerprint density at radius 3 is 2.71 bits per heavy atom. The molecule has 4 atom stereocenters. The quantitative estimate of drug-likeness (QED) is 0.715.